The third kappa shape index (κ3) is 2.57. The Morgan fingerprint density at radius 2 is 1.62 bits per heavy atom. The van der Waals surface area contributed by atoms with Crippen molar-refractivity contribution in [3.8, 4) is 0 Å². The summed E-state index contributed by atoms with van der Waals surface area (Å²) in [5.74, 6) is -2.15. The molecule has 2 atom stereocenters. The van der Waals surface area contributed by atoms with Crippen LogP contribution in [0.5, 0.6) is 0 Å². The molecule has 4 heteroatoms. The largest absolute Gasteiger partial charge is 0.296 e. The number of benzene rings is 2. The van der Waals surface area contributed by atoms with Gasteiger partial charge in [0, 0.05) is 12.3 Å². The number of rotatable bonds is 2. The second-order valence-corrected chi connectivity index (χ2v) is 5.13. The zero-order valence-electron chi connectivity index (χ0n) is 11.3. The van der Waals surface area contributed by atoms with E-state index in [2.05, 4.69) is 5.32 Å². The second-order valence-electron chi connectivity index (χ2n) is 5.13. The van der Waals surface area contributed by atoms with E-state index in [1.165, 1.54) is 6.07 Å². The molecule has 1 N–H and O–H groups in total. The van der Waals surface area contributed by atoms with E-state index in [-0.39, 0.29) is 24.1 Å². The molecule has 0 aliphatic carbocycles. The van der Waals surface area contributed by atoms with E-state index in [1.54, 1.807) is 18.2 Å². The molecule has 1 aliphatic heterocycles. The van der Waals surface area contributed by atoms with Crippen molar-refractivity contribution in [2.24, 2.45) is 0 Å². The topological polar surface area (TPSA) is 46.2 Å². The van der Waals surface area contributed by atoms with Gasteiger partial charge in [-0.2, -0.15) is 0 Å². The van der Waals surface area contributed by atoms with Crippen molar-refractivity contribution in [3.63, 3.8) is 0 Å². The highest BCUT2D eigenvalue weighted by atomic mass is 19.1. The Kier molecular flexibility index (Phi) is 3.52. The Balaban J connectivity index is 2.08. The van der Waals surface area contributed by atoms with Crippen LogP contribution in [0.2, 0.25) is 0 Å². The maximum Gasteiger partial charge on any atom is 0.234 e. The molecule has 21 heavy (non-hydrogen) atoms. The molecule has 2 aromatic carbocycles. The fraction of sp³-hybridized carbons (Fsp3) is 0.176. The second kappa shape index (κ2) is 5.48. The van der Waals surface area contributed by atoms with Crippen molar-refractivity contribution >= 4 is 11.8 Å². The fourth-order valence-corrected chi connectivity index (χ4v) is 2.88. The third-order valence-corrected chi connectivity index (χ3v) is 3.82. The van der Waals surface area contributed by atoms with Crippen LogP contribution in [0.4, 0.5) is 4.39 Å². The van der Waals surface area contributed by atoms with Gasteiger partial charge in [0.2, 0.25) is 11.8 Å². The van der Waals surface area contributed by atoms with Crippen LogP contribution >= 0.6 is 0 Å². The van der Waals surface area contributed by atoms with E-state index in [0.29, 0.717) is 5.56 Å². The molecule has 3 nitrogen and oxygen atoms in total. The normalized spacial score (nSPS) is 22.0. The van der Waals surface area contributed by atoms with Gasteiger partial charge in [0.1, 0.15) is 5.82 Å². The lowest BCUT2D eigenvalue weighted by Gasteiger charge is -2.31. The SMILES string of the molecule is O=C1CC(c2ccccc2F)C(c2ccccc2)C(=O)N1. The Morgan fingerprint density at radius 1 is 0.952 bits per heavy atom. The summed E-state index contributed by atoms with van der Waals surface area (Å²) in [4.78, 5) is 23.9. The summed E-state index contributed by atoms with van der Waals surface area (Å²) in [6.07, 6.45) is 0.103. The van der Waals surface area contributed by atoms with Gasteiger partial charge in [0.25, 0.3) is 0 Å². The minimum atomic E-state index is -0.555. The van der Waals surface area contributed by atoms with Gasteiger partial charge in [-0.25, -0.2) is 4.39 Å². The molecular weight excluding hydrogens is 269 g/mol. The highest BCUT2D eigenvalue weighted by Crippen LogP contribution is 2.39. The fourth-order valence-electron chi connectivity index (χ4n) is 2.88. The number of hydrogen-bond donors (Lipinski definition) is 1. The van der Waals surface area contributed by atoms with E-state index in [4.69, 9.17) is 0 Å². The molecule has 2 amide bonds. The smallest absolute Gasteiger partial charge is 0.234 e. The maximum atomic E-state index is 14.1. The van der Waals surface area contributed by atoms with E-state index < -0.39 is 11.8 Å². The average Bonchev–Trinajstić information content (AvgIpc) is 2.48. The van der Waals surface area contributed by atoms with Gasteiger partial charge < -0.3 is 0 Å². The van der Waals surface area contributed by atoms with Crippen molar-refractivity contribution in [3.05, 3.63) is 71.5 Å². The lowest BCUT2D eigenvalue weighted by molar-refractivity contribution is -0.135. The average molecular weight is 283 g/mol. The molecule has 1 fully saturated rings. The highest BCUT2D eigenvalue weighted by molar-refractivity contribution is 6.02. The molecule has 0 radical (unpaired) electrons. The van der Waals surface area contributed by atoms with Crippen molar-refractivity contribution < 1.29 is 14.0 Å². The van der Waals surface area contributed by atoms with Gasteiger partial charge in [0.05, 0.1) is 5.92 Å². The monoisotopic (exact) mass is 283 g/mol. The number of hydrogen-bond acceptors (Lipinski definition) is 2. The Hall–Kier alpha value is -2.49. The summed E-state index contributed by atoms with van der Waals surface area (Å²) in [5, 5.41) is 2.35. The first kappa shape index (κ1) is 13.5. The van der Waals surface area contributed by atoms with Crippen LogP contribution in [0.25, 0.3) is 0 Å². The molecule has 2 aromatic rings. The molecule has 1 aliphatic rings. The quantitative estimate of drug-likeness (QED) is 0.861. The van der Waals surface area contributed by atoms with Crippen LogP contribution in [-0.4, -0.2) is 11.8 Å². The van der Waals surface area contributed by atoms with Crippen LogP contribution in [-0.2, 0) is 9.59 Å². The standard InChI is InChI=1S/C17H14FNO2/c18-14-9-5-4-8-12(14)13-10-15(20)19-17(21)16(13)11-6-2-1-3-7-11/h1-9,13,16H,10H2,(H,19,20,21). The van der Waals surface area contributed by atoms with Gasteiger partial charge in [-0.05, 0) is 17.2 Å². The summed E-state index contributed by atoms with van der Waals surface area (Å²) in [6.45, 7) is 0. The summed E-state index contributed by atoms with van der Waals surface area (Å²) >= 11 is 0. The number of carbonyl (C=O) groups is 2. The zero-order chi connectivity index (χ0) is 14.8. The van der Waals surface area contributed by atoms with Crippen LogP contribution in [0.1, 0.15) is 29.4 Å². The van der Waals surface area contributed by atoms with E-state index in [9.17, 15) is 14.0 Å². The maximum absolute atomic E-state index is 14.1. The molecule has 0 spiro atoms. The van der Waals surface area contributed by atoms with Gasteiger partial charge in [-0.1, -0.05) is 48.5 Å². The first-order valence-corrected chi connectivity index (χ1v) is 6.80. The number of carbonyl (C=O) groups excluding carboxylic acids is 2. The Labute approximate surface area is 121 Å². The van der Waals surface area contributed by atoms with Crippen LogP contribution in [0.15, 0.2) is 54.6 Å². The lowest BCUT2D eigenvalue weighted by atomic mass is 9.76. The molecular formula is C17H14FNO2. The van der Waals surface area contributed by atoms with Crippen molar-refractivity contribution in [1.82, 2.24) is 5.32 Å². The Morgan fingerprint density at radius 3 is 2.33 bits per heavy atom. The summed E-state index contributed by atoms with van der Waals surface area (Å²) in [5.41, 5.74) is 1.20. The first-order chi connectivity index (χ1) is 10.2. The number of amides is 2. The predicted octanol–water partition coefficient (Wildman–Crippen LogP) is 2.74. The van der Waals surface area contributed by atoms with Crippen molar-refractivity contribution in [2.75, 3.05) is 0 Å². The zero-order valence-corrected chi connectivity index (χ0v) is 11.3. The molecule has 1 heterocycles. The minimum Gasteiger partial charge on any atom is -0.296 e. The molecule has 0 bridgehead atoms. The number of piperidine rings is 1. The van der Waals surface area contributed by atoms with Crippen molar-refractivity contribution in [2.45, 2.75) is 18.3 Å². The molecule has 2 unspecified atom stereocenters. The third-order valence-electron chi connectivity index (χ3n) is 3.82. The van der Waals surface area contributed by atoms with E-state index >= 15 is 0 Å². The minimum absolute atomic E-state index is 0.103. The Bertz CT molecular complexity index is 684. The predicted molar refractivity (Wildman–Crippen MR) is 76.1 cm³/mol. The highest BCUT2D eigenvalue weighted by Gasteiger charge is 2.38. The van der Waals surface area contributed by atoms with Crippen LogP contribution in [0.3, 0.4) is 0 Å². The summed E-state index contributed by atoms with van der Waals surface area (Å²) in [7, 11) is 0. The lowest BCUT2D eigenvalue weighted by Crippen LogP contribution is -2.43. The van der Waals surface area contributed by atoms with E-state index in [0.717, 1.165) is 5.56 Å². The molecule has 0 aromatic heterocycles. The molecule has 3 rings (SSSR count). The molecule has 0 saturated carbocycles. The van der Waals surface area contributed by atoms with E-state index in [1.807, 2.05) is 30.3 Å². The number of halogens is 1. The molecule has 106 valence electrons. The number of nitrogens with one attached hydrogen (secondary N) is 1. The van der Waals surface area contributed by atoms with Gasteiger partial charge in [-0.3, -0.25) is 14.9 Å². The van der Waals surface area contributed by atoms with Gasteiger partial charge in [-0.15, -0.1) is 0 Å². The van der Waals surface area contributed by atoms with Crippen LogP contribution < -0.4 is 5.32 Å². The van der Waals surface area contributed by atoms with Crippen LogP contribution in [0, 0.1) is 5.82 Å². The summed E-state index contributed by atoms with van der Waals surface area (Å²) in [6, 6.07) is 15.5. The first-order valence-electron chi connectivity index (χ1n) is 6.80. The molecule has 1 saturated heterocycles. The van der Waals surface area contributed by atoms with Crippen molar-refractivity contribution in [1.29, 1.82) is 0 Å². The van der Waals surface area contributed by atoms with Gasteiger partial charge >= 0.3 is 0 Å². The number of imide groups is 1. The van der Waals surface area contributed by atoms with Gasteiger partial charge in [0.15, 0.2) is 0 Å². The summed E-state index contributed by atoms with van der Waals surface area (Å²) < 4.78 is 14.1.